The van der Waals surface area contributed by atoms with Crippen molar-refractivity contribution in [1.29, 1.82) is 0 Å². The van der Waals surface area contributed by atoms with Gasteiger partial charge in [0, 0.05) is 22.6 Å². The van der Waals surface area contributed by atoms with E-state index in [1.165, 1.54) is 0 Å². The number of carbonyl (C=O) groups is 2. The third-order valence-corrected chi connectivity index (χ3v) is 6.00. The van der Waals surface area contributed by atoms with E-state index in [0.717, 1.165) is 12.0 Å². The van der Waals surface area contributed by atoms with Gasteiger partial charge in [-0.25, -0.2) is 0 Å². The molecule has 0 saturated carbocycles. The second-order valence-electron chi connectivity index (χ2n) is 7.25. The van der Waals surface area contributed by atoms with Gasteiger partial charge in [0.25, 0.3) is 5.91 Å². The number of ether oxygens (including phenoxy) is 1. The molecule has 0 fully saturated rings. The van der Waals surface area contributed by atoms with E-state index in [1.807, 2.05) is 32.9 Å². The number of rotatable bonds is 10. The first-order valence-corrected chi connectivity index (χ1v) is 11.7. The van der Waals surface area contributed by atoms with Crippen molar-refractivity contribution in [2.45, 2.75) is 52.2 Å². The Kier molecular flexibility index (Phi) is 10.1. The lowest BCUT2D eigenvalue weighted by molar-refractivity contribution is -0.143. The lowest BCUT2D eigenvalue weighted by atomic mass is 10.1. The zero-order chi connectivity index (χ0) is 23.0. The number of halogens is 3. The molecule has 2 atom stereocenters. The van der Waals surface area contributed by atoms with Gasteiger partial charge in [-0.05, 0) is 71.6 Å². The highest BCUT2D eigenvalue weighted by Crippen LogP contribution is 2.28. The lowest BCUT2D eigenvalue weighted by Gasteiger charge is -2.31. The molecule has 0 aliphatic rings. The van der Waals surface area contributed by atoms with Gasteiger partial charge >= 0.3 is 0 Å². The summed E-state index contributed by atoms with van der Waals surface area (Å²) in [5, 5.41) is 4.15. The highest BCUT2D eigenvalue weighted by molar-refractivity contribution is 9.10. The average molecular weight is 530 g/mol. The van der Waals surface area contributed by atoms with Gasteiger partial charge in [0.1, 0.15) is 11.8 Å². The van der Waals surface area contributed by atoms with E-state index in [9.17, 15) is 9.59 Å². The Labute approximate surface area is 202 Å². The van der Waals surface area contributed by atoms with Gasteiger partial charge in [-0.3, -0.25) is 9.59 Å². The Morgan fingerprint density at radius 3 is 2.29 bits per heavy atom. The van der Waals surface area contributed by atoms with Crippen LogP contribution in [0.15, 0.2) is 46.9 Å². The molecular formula is C23H27BrCl2N2O3. The van der Waals surface area contributed by atoms with Crippen molar-refractivity contribution in [1.82, 2.24) is 10.2 Å². The predicted octanol–water partition coefficient (Wildman–Crippen LogP) is 5.86. The first kappa shape index (κ1) is 25.5. The molecule has 2 aromatic rings. The zero-order valence-electron chi connectivity index (χ0n) is 17.8. The number of amides is 2. The zero-order valence-corrected chi connectivity index (χ0v) is 20.9. The van der Waals surface area contributed by atoms with E-state index in [1.54, 1.807) is 35.2 Å². The Bertz CT molecular complexity index is 893. The van der Waals surface area contributed by atoms with Crippen molar-refractivity contribution < 1.29 is 14.3 Å². The summed E-state index contributed by atoms with van der Waals surface area (Å²) in [6, 6.07) is 11.7. The second-order valence-corrected chi connectivity index (χ2v) is 8.98. The summed E-state index contributed by atoms with van der Waals surface area (Å²) < 4.78 is 6.37. The van der Waals surface area contributed by atoms with Crippen LogP contribution in [0.4, 0.5) is 0 Å². The number of hydrogen-bond acceptors (Lipinski definition) is 3. The molecule has 31 heavy (non-hydrogen) atoms. The minimum atomic E-state index is -0.616. The molecule has 168 valence electrons. The van der Waals surface area contributed by atoms with E-state index in [-0.39, 0.29) is 31.0 Å². The summed E-state index contributed by atoms with van der Waals surface area (Å²) >= 11 is 15.3. The Hall–Kier alpha value is -1.76. The average Bonchev–Trinajstić information content (AvgIpc) is 2.74. The fourth-order valence-electron chi connectivity index (χ4n) is 2.96. The molecule has 0 bridgehead atoms. The normalized spacial score (nSPS) is 12.7. The molecule has 5 nitrogen and oxygen atoms in total. The number of benzene rings is 2. The van der Waals surface area contributed by atoms with Crippen LogP contribution in [0, 0.1) is 0 Å². The number of carbonyl (C=O) groups excluding carboxylic acids is 2. The molecule has 0 spiro atoms. The van der Waals surface area contributed by atoms with Crippen molar-refractivity contribution in [3.8, 4) is 5.75 Å². The third kappa shape index (κ3) is 7.70. The van der Waals surface area contributed by atoms with Crippen molar-refractivity contribution in [3.05, 3.63) is 62.5 Å². The summed E-state index contributed by atoms with van der Waals surface area (Å²) in [6.07, 6.45) is 1.28. The highest BCUT2D eigenvalue weighted by Gasteiger charge is 2.29. The third-order valence-electron chi connectivity index (χ3n) is 4.90. The molecule has 0 heterocycles. The summed E-state index contributed by atoms with van der Waals surface area (Å²) in [5.41, 5.74) is 0.875. The summed E-state index contributed by atoms with van der Waals surface area (Å²) in [5.74, 6) is 0.0380. The molecule has 2 rings (SSSR count). The van der Waals surface area contributed by atoms with Gasteiger partial charge < -0.3 is 15.0 Å². The molecule has 1 N–H and O–H groups in total. The minimum Gasteiger partial charge on any atom is -0.483 e. The number of nitrogens with zero attached hydrogens (tertiary/aromatic N) is 1. The number of nitrogens with one attached hydrogen (secondary N) is 1. The van der Waals surface area contributed by atoms with Gasteiger partial charge in [-0.2, -0.15) is 0 Å². The van der Waals surface area contributed by atoms with Crippen LogP contribution in [-0.4, -0.2) is 35.4 Å². The summed E-state index contributed by atoms with van der Waals surface area (Å²) in [4.78, 5) is 27.7. The molecule has 0 radical (unpaired) electrons. The van der Waals surface area contributed by atoms with Crippen LogP contribution in [0.25, 0.3) is 0 Å². The first-order valence-electron chi connectivity index (χ1n) is 10.2. The van der Waals surface area contributed by atoms with Crippen LogP contribution < -0.4 is 10.1 Å². The smallest absolute Gasteiger partial charge is 0.261 e. The van der Waals surface area contributed by atoms with Gasteiger partial charge in [-0.15, -0.1) is 0 Å². The van der Waals surface area contributed by atoms with Gasteiger partial charge in [0.05, 0.1) is 4.47 Å². The summed E-state index contributed by atoms with van der Waals surface area (Å²) in [7, 11) is 0. The molecular weight excluding hydrogens is 503 g/mol. The van der Waals surface area contributed by atoms with Crippen LogP contribution in [0.5, 0.6) is 5.75 Å². The SMILES string of the molecule is CC[C@H](C(=O)N[C@@H](C)CC)N(Cc1ccc(Cl)cc1)C(=O)COc1ccc(Cl)cc1Br. The van der Waals surface area contributed by atoms with Crippen molar-refractivity contribution in [3.63, 3.8) is 0 Å². The molecule has 0 saturated heterocycles. The van der Waals surface area contributed by atoms with Gasteiger partial charge in [0.15, 0.2) is 6.61 Å². The van der Waals surface area contributed by atoms with E-state index in [0.29, 0.717) is 26.7 Å². The van der Waals surface area contributed by atoms with Gasteiger partial charge in [0.2, 0.25) is 5.91 Å². The van der Waals surface area contributed by atoms with E-state index < -0.39 is 6.04 Å². The molecule has 0 aromatic heterocycles. The quantitative estimate of drug-likeness (QED) is 0.419. The molecule has 2 aromatic carbocycles. The van der Waals surface area contributed by atoms with Crippen LogP contribution in [-0.2, 0) is 16.1 Å². The molecule has 0 aliphatic heterocycles. The van der Waals surface area contributed by atoms with Crippen LogP contribution in [0.3, 0.4) is 0 Å². The first-order chi connectivity index (χ1) is 14.7. The Balaban J connectivity index is 2.22. The minimum absolute atomic E-state index is 0.0234. The maximum atomic E-state index is 13.2. The van der Waals surface area contributed by atoms with E-state index in [2.05, 4.69) is 21.2 Å². The summed E-state index contributed by atoms with van der Waals surface area (Å²) in [6.45, 7) is 5.89. The van der Waals surface area contributed by atoms with Crippen LogP contribution in [0.1, 0.15) is 39.2 Å². The molecule has 8 heteroatoms. The standard InChI is InChI=1S/C23H27BrCl2N2O3/c1-4-15(3)27-23(30)20(5-2)28(13-16-6-8-17(25)9-7-16)22(29)14-31-21-11-10-18(26)12-19(21)24/h6-12,15,20H,4-5,13-14H2,1-3H3,(H,27,30)/t15-,20+/m0/s1. The predicted molar refractivity (Wildman–Crippen MR) is 129 cm³/mol. The maximum Gasteiger partial charge on any atom is 0.261 e. The Morgan fingerprint density at radius 1 is 1.06 bits per heavy atom. The molecule has 0 unspecified atom stereocenters. The van der Waals surface area contributed by atoms with Crippen molar-refractivity contribution in [2.24, 2.45) is 0 Å². The second kappa shape index (κ2) is 12.3. The topological polar surface area (TPSA) is 58.6 Å². The fraction of sp³-hybridized carbons (Fsp3) is 0.391. The van der Waals surface area contributed by atoms with Crippen molar-refractivity contribution in [2.75, 3.05) is 6.61 Å². The maximum absolute atomic E-state index is 13.2. The Morgan fingerprint density at radius 2 is 1.71 bits per heavy atom. The van der Waals surface area contributed by atoms with E-state index >= 15 is 0 Å². The van der Waals surface area contributed by atoms with Gasteiger partial charge in [-0.1, -0.05) is 49.2 Å². The molecule has 0 aliphatic carbocycles. The van der Waals surface area contributed by atoms with Crippen LogP contribution in [0.2, 0.25) is 10.0 Å². The highest BCUT2D eigenvalue weighted by atomic mass is 79.9. The van der Waals surface area contributed by atoms with E-state index in [4.69, 9.17) is 27.9 Å². The monoisotopic (exact) mass is 528 g/mol. The number of hydrogen-bond donors (Lipinski definition) is 1. The van der Waals surface area contributed by atoms with Crippen LogP contribution >= 0.6 is 39.1 Å². The largest absolute Gasteiger partial charge is 0.483 e. The molecule has 2 amide bonds. The fourth-order valence-corrected chi connectivity index (χ4v) is 3.88. The van der Waals surface area contributed by atoms with Crippen molar-refractivity contribution >= 4 is 50.9 Å². The lowest BCUT2D eigenvalue weighted by Crippen LogP contribution is -2.51.